The third kappa shape index (κ3) is 4.13. The number of carbonyl (C=O) groups excluding carboxylic acids is 1. The Kier molecular flexibility index (Phi) is 5.49. The highest BCUT2D eigenvalue weighted by molar-refractivity contribution is 6.05. The smallest absolute Gasteiger partial charge is 0.387 e. The predicted molar refractivity (Wildman–Crippen MR) is 91.6 cm³/mol. The van der Waals surface area contributed by atoms with Gasteiger partial charge in [-0.2, -0.15) is 8.78 Å². The highest BCUT2D eigenvalue weighted by atomic mass is 19.3. The van der Waals surface area contributed by atoms with Crippen molar-refractivity contribution in [1.29, 1.82) is 0 Å². The minimum Gasteiger partial charge on any atom is -0.493 e. The maximum Gasteiger partial charge on any atom is 0.387 e. The number of rotatable bonds is 6. The topological polar surface area (TPSA) is 75.3 Å². The average Bonchev–Trinajstić information content (AvgIpc) is 2.66. The number of alkyl halides is 2. The summed E-state index contributed by atoms with van der Waals surface area (Å²) in [6.45, 7) is -2.28. The fraction of sp³-hybridized carbons (Fsp3) is 0.278. The number of ether oxygens (including phenoxy) is 5. The molecule has 3 rings (SSSR count). The van der Waals surface area contributed by atoms with Crippen LogP contribution in [0.1, 0.15) is 10.4 Å². The molecule has 1 heterocycles. The van der Waals surface area contributed by atoms with E-state index in [4.69, 9.17) is 18.9 Å². The van der Waals surface area contributed by atoms with Crippen LogP contribution in [0.5, 0.6) is 28.7 Å². The molecule has 27 heavy (non-hydrogen) atoms. The van der Waals surface area contributed by atoms with Crippen LogP contribution in [0.15, 0.2) is 30.3 Å². The molecule has 0 spiro atoms. The van der Waals surface area contributed by atoms with E-state index < -0.39 is 12.5 Å². The molecule has 1 amide bonds. The molecule has 144 valence electrons. The van der Waals surface area contributed by atoms with Gasteiger partial charge in [0.05, 0.1) is 14.2 Å². The molecule has 0 atom stereocenters. The van der Waals surface area contributed by atoms with Crippen LogP contribution in [-0.4, -0.2) is 40.0 Å². The Morgan fingerprint density at radius 2 is 1.78 bits per heavy atom. The molecule has 0 fully saturated rings. The van der Waals surface area contributed by atoms with E-state index in [1.165, 1.54) is 44.6 Å². The van der Waals surface area contributed by atoms with Gasteiger partial charge in [-0.25, -0.2) is 0 Å². The summed E-state index contributed by atoms with van der Waals surface area (Å²) in [6, 6.07) is 7.19. The van der Waals surface area contributed by atoms with E-state index in [9.17, 15) is 13.6 Å². The first kappa shape index (κ1) is 18.6. The summed E-state index contributed by atoms with van der Waals surface area (Å²) >= 11 is 0. The second kappa shape index (κ2) is 7.98. The SMILES string of the molecule is COc1ccc(NC(=O)c2cc(OC)c3c(c2)OCCO3)cc1OC(F)F. The third-order valence-electron chi connectivity index (χ3n) is 3.73. The number of benzene rings is 2. The summed E-state index contributed by atoms with van der Waals surface area (Å²) in [5.41, 5.74) is 0.508. The molecule has 0 aliphatic carbocycles. The molecule has 2 aromatic carbocycles. The van der Waals surface area contributed by atoms with Crippen molar-refractivity contribution in [3.8, 4) is 28.7 Å². The van der Waals surface area contributed by atoms with Gasteiger partial charge in [-0.3, -0.25) is 4.79 Å². The quantitative estimate of drug-likeness (QED) is 0.827. The number of hydrogen-bond donors (Lipinski definition) is 1. The first-order valence-corrected chi connectivity index (χ1v) is 7.93. The number of nitrogens with one attached hydrogen (secondary N) is 1. The molecule has 1 aliphatic heterocycles. The van der Waals surface area contributed by atoms with Crippen molar-refractivity contribution in [3.63, 3.8) is 0 Å². The molecule has 9 heteroatoms. The van der Waals surface area contributed by atoms with Gasteiger partial charge < -0.3 is 29.0 Å². The zero-order valence-electron chi connectivity index (χ0n) is 14.6. The lowest BCUT2D eigenvalue weighted by Crippen LogP contribution is -2.18. The summed E-state index contributed by atoms with van der Waals surface area (Å²) in [5.74, 6) is 0.617. The molecule has 0 unspecified atom stereocenters. The Morgan fingerprint density at radius 1 is 1.04 bits per heavy atom. The minimum absolute atomic E-state index is 0.120. The summed E-state index contributed by atoms with van der Waals surface area (Å²) in [4.78, 5) is 12.6. The molecule has 0 aromatic heterocycles. The van der Waals surface area contributed by atoms with E-state index in [-0.39, 0.29) is 22.7 Å². The molecule has 7 nitrogen and oxygen atoms in total. The van der Waals surface area contributed by atoms with Gasteiger partial charge >= 0.3 is 6.61 Å². The van der Waals surface area contributed by atoms with Crippen LogP contribution < -0.4 is 29.0 Å². The number of fused-ring (bicyclic) bond motifs is 1. The van der Waals surface area contributed by atoms with E-state index in [1.54, 1.807) is 0 Å². The van der Waals surface area contributed by atoms with Gasteiger partial charge in [0.2, 0.25) is 5.75 Å². The van der Waals surface area contributed by atoms with Crippen LogP contribution in [0, 0.1) is 0 Å². The summed E-state index contributed by atoms with van der Waals surface area (Å²) < 4.78 is 50.7. The largest absolute Gasteiger partial charge is 0.493 e. The first-order chi connectivity index (χ1) is 13.0. The monoisotopic (exact) mass is 381 g/mol. The van der Waals surface area contributed by atoms with Crippen molar-refractivity contribution in [2.75, 3.05) is 32.8 Å². The van der Waals surface area contributed by atoms with Gasteiger partial charge in [-0.1, -0.05) is 0 Å². The molecule has 0 saturated carbocycles. The number of methoxy groups -OCH3 is 2. The van der Waals surface area contributed by atoms with Crippen LogP contribution in [0.4, 0.5) is 14.5 Å². The summed E-state index contributed by atoms with van der Waals surface area (Å²) in [6.07, 6.45) is 0. The minimum atomic E-state index is -3.02. The lowest BCUT2D eigenvalue weighted by molar-refractivity contribution is -0.0511. The predicted octanol–water partition coefficient (Wildman–Crippen LogP) is 3.33. The summed E-state index contributed by atoms with van der Waals surface area (Å²) in [5, 5.41) is 2.61. The number of hydrogen-bond acceptors (Lipinski definition) is 6. The second-order valence-electron chi connectivity index (χ2n) is 5.40. The molecule has 1 N–H and O–H groups in total. The normalized spacial score (nSPS) is 12.5. The van der Waals surface area contributed by atoms with Gasteiger partial charge in [0.1, 0.15) is 13.2 Å². The fourth-order valence-electron chi connectivity index (χ4n) is 2.55. The Morgan fingerprint density at radius 3 is 2.48 bits per heavy atom. The molecular weight excluding hydrogens is 364 g/mol. The lowest BCUT2D eigenvalue weighted by atomic mass is 10.1. The number of anilines is 1. The van der Waals surface area contributed by atoms with Crippen LogP contribution in [0.2, 0.25) is 0 Å². The molecule has 0 bridgehead atoms. The maximum absolute atomic E-state index is 12.6. The average molecular weight is 381 g/mol. The van der Waals surface area contributed by atoms with E-state index in [2.05, 4.69) is 10.1 Å². The standard InChI is InChI=1S/C18H17F2NO6/c1-23-12-4-3-11(9-13(12)27-18(19)20)21-17(22)10-7-14(24-2)16-15(8-10)25-5-6-26-16/h3-4,7-9,18H,5-6H2,1-2H3,(H,21,22). The van der Waals surface area contributed by atoms with Crippen molar-refractivity contribution in [1.82, 2.24) is 0 Å². The van der Waals surface area contributed by atoms with Crippen molar-refractivity contribution in [2.24, 2.45) is 0 Å². The van der Waals surface area contributed by atoms with Gasteiger partial charge in [0.25, 0.3) is 5.91 Å². The fourth-order valence-corrected chi connectivity index (χ4v) is 2.55. The van der Waals surface area contributed by atoms with Crippen LogP contribution >= 0.6 is 0 Å². The first-order valence-electron chi connectivity index (χ1n) is 7.93. The van der Waals surface area contributed by atoms with Gasteiger partial charge in [0.15, 0.2) is 23.0 Å². The maximum atomic E-state index is 12.6. The van der Waals surface area contributed by atoms with E-state index in [1.807, 2.05) is 0 Å². The van der Waals surface area contributed by atoms with Crippen molar-refractivity contribution in [2.45, 2.75) is 6.61 Å². The van der Waals surface area contributed by atoms with Gasteiger partial charge in [-0.15, -0.1) is 0 Å². The Bertz CT molecular complexity index is 826. The number of amides is 1. The zero-order chi connectivity index (χ0) is 19.4. The zero-order valence-corrected chi connectivity index (χ0v) is 14.6. The van der Waals surface area contributed by atoms with Gasteiger partial charge in [-0.05, 0) is 24.3 Å². The highest BCUT2D eigenvalue weighted by Crippen LogP contribution is 2.40. The Hall–Kier alpha value is -3.23. The Balaban J connectivity index is 1.85. The van der Waals surface area contributed by atoms with Crippen LogP contribution in [-0.2, 0) is 0 Å². The van der Waals surface area contributed by atoms with Crippen molar-refractivity contribution >= 4 is 11.6 Å². The molecule has 0 radical (unpaired) electrons. The van der Waals surface area contributed by atoms with Gasteiger partial charge in [0, 0.05) is 17.3 Å². The lowest BCUT2D eigenvalue weighted by Gasteiger charge is -2.21. The third-order valence-corrected chi connectivity index (χ3v) is 3.73. The highest BCUT2D eigenvalue weighted by Gasteiger charge is 2.21. The number of halogens is 2. The molecule has 1 aliphatic rings. The van der Waals surface area contributed by atoms with E-state index in [0.717, 1.165) is 0 Å². The van der Waals surface area contributed by atoms with E-state index in [0.29, 0.717) is 30.5 Å². The molecular formula is C18H17F2NO6. The molecule has 2 aromatic rings. The van der Waals surface area contributed by atoms with E-state index >= 15 is 0 Å². The summed E-state index contributed by atoms with van der Waals surface area (Å²) in [7, 11) is 2.78. The Labute approximate surface area is 153 Å². The number of carbonyl (C=O) groups is 1. The van der Waals surface area contributed by atoms with Crippen molar-refractivity contribution in [3.05, 3.63) is 35.9 Å². The van der Waals surface area contributed by atoms with Crippen LogP contribution in [0.3, 0.4) is 0 Å². The second-order valence-corrected chi connectivity index (χ2v) is 5.40. The van der Waals surface area contributed by atoms with Crippen LogP contribution in [0.25, 0.3) is 0 Å². The van der Waals surface area contributed by atoms with Crippen molar-refractivity contribution < 1.29 is 37.3 Å². The molecule has 0 saturated heterocycles.